The molecule has 0 heterocycles. The fraction of sp³-hybridized carbons (Fsp3) is 0.562. The minimum absolute atomic E-state index is 0.261. The summed E-state index contributed by atoms with van der Waals surface area (Å²) in [6.45, 7) is 3.46. The zero-order valence-corrected chi connectivity index (χ0v) is 12.7. The second-order valence-corrected chi connectivity index (χ2v) is 5.51. The highest BCUT2D eigenvalue weighted by molar-refractivity contribution is 5.85. The molecular formula is C16H24N2O3. The molecule has 1 amide bonds. The van der Waals surface area contributed by atoms with Gasteiger partial charge in [0.2, 0.25) is 5.91 Å². The largest absolute Gasteiger partial charge is 0.491 e. The van der Waals surface area contributed by atoms with Gasteiger partial charge in [0.15, 0.2) is 0 Å². The lowest BCUT2D eigenvalue weighted by Gasteiger charge is -2.31. The predicted molar refractivity (Wildman–Crippen MR) is 81.0 cm³/mol. The molecule has 1 aliphatic rings. The van der Waals surface area contributed by atoms with Gasteiger partial charge in [-0.1, -0.05) is 19.1 Å². The van der Waals surface area contributed by atoms with E-state index in [-0.39, 0.29) is 18.4 Å². The lowest BCUT2D eigenvalue weighted by Crippen LogP contribution is -2.61. The molecule has 1 fully saturated rings. The van der Waals surface area contributed by atoms with Crippen molar-refractivity contribution in [3.8, 4) is 5.75 Å². The van der Waals surface area contributed by atoms with Gasteiger partial charge in [-0.15, -0.1) is 0 Å². The number of hydrogen-bond acceptors (Lipinski definition) is 4. The van der Waals surface area contributed by atoms with Crippen molar-refractivity contribution in [2.24, 2.45) is 11.7 Å². The zero-order chi connectivity index (χ0) is 15.3. The van der Waals surface area contributed by atoms with Crippen LogP contribution in [0.15, 0.2) is 24.3 Å². The van der Waals surface area contributed by atoms with E-state index < -0.39 is 5.54 Å². The molecule has 21 heavy (non-hydrogen) atoms. The molecule has 0 radical (unpaired) electrons. The molecule has 0 aliphatic heterocycles. The van der Waals surface area contributed by atoms with E-state index in [2.05, 4.69) is 5.32 Å². The Hall–Kier alpha value is -1.59. The maximum absolute atomic E-state index is 11.9. The van der Waals surface area contributed by atoms with E-state index in [9.17, 15) is 4.79 Å². The Balaban J connectivity index is 2.07. The van der Waals surface area contributed by atoms with Gasteiger partial charge in [0, 0.05) is 7.11 Å². The number of benzene rings is 1. The number of likely N-dealkylation sites (N-methyl/N-ethyl adjacent to an activating group) is 1. The molecule has 1 aliphatic carbocycles. The number of hydrogen-bond donors (Lipinski definition) is 2. The third kappa shape index (κ3) is 3.74. The summed E-state index contributed by atoms with van der Waals surface area (Å²) in [7, 11) is 1.66. The molecule has 1 unspecified atom stereocenters. The van der Waals surface area contributed by atoms with E-state index in [0.29, 0.717) is 13.2 Å². The summed E-state index contributed by atoms with van der Waals surface area (Å²) in [5, 5.41) is 3.24. The van der Waals surface area contributed by atoms with Crippen molar-refractivity contribution in [2.45, 2.75) is 31.9 Å². The Labute approximate surface area is 125 Å². The van der Waals surface area contributed by atoms with Crippen LogP contribution in [0.1, 0.15) is 25.3 Å². The number of ether oxygens (including phenoxy) is 2. The molecule has 1 saturated carbocycles. The second-order valence-electron chi connectivity index (χ2n) is 5.51. The van der Waals surface area contributed by atoms with E-state index >= 15 is 0 Å². The first-order chi connectivity index (χ1) is 10.1. The molecule has 1 aromatic rings. The highest BCUT2D eigenvalue weighted by Gasteiger charge is 2.50. The molecular weight excluding hydrogens is 268 g/mol. The fourth-order valence-electron chi connectivity index (χ4n) is 2.65. The summed E-state index contributed by atoms with van der Waals surface area (Å²) < 4.78 is 11.0. The average Bonchev–Trinajstić information content (AvgIpc) is 3.29. The van der Waals surface area contributed by atoms with Gasteiger partial charge >= 0.3 is 0 Å². The van der Waals surface area contributed by atoms with Crippen LogP contribution < -0.4 is 15.8 Å². The molecule has 1 aromatic carbocycles. The molecule has 116 valence electrons. The summed E-state index contributed by atoms with van der Waals surface area (Å²) in [6, 6.07) is 7.70. The Kier molecular flexibility index (Phi) is 5.20. The van der Waals surface area contributed by atoms with Gasteiger partial charge in [-0.3, -0.25) is 4.79 Å². The van der Waals surface area contributed by atoms with Crippen molar-refractivity contribution < 1.29 is 14.3 Å². The fourth-order valence-corrected chi connectivity index (χ4v) is 2.65. The number of primary amides is 1. The van der Waals surface area contributed by atoms with Crippen LogP contribution in [0.25, 0.3) is 0 Å². The topological polar surface area (TPSA) is 73.6 Å². The van der Waals surface area contributed by atoms with Gasteiger partial charge in [-0.2, -0.15) is 0 Å². The van der Waals surface area contributed by atoms with Gasteiger partial charge < -0.3 is 20.5 Å². The average molecular weight is 292 g/mol. The molecule has 0 saturated heterocycles. The van der Waals surface area contributed by atoms with E-state index in [0.717, 1.165) is 24.2 Å². The molecule has 0 bridgehead atoms. The molecule has 1 atom stereocenters. The van der Waals surface area contributed by atoms with Crippen molar-refractivity contribution in [1.29, 1.82) is 0 Å². The van der Waals surface area contributed by atoms with Crippen molar-refractivity contribution in [3.05, 3.63) is 29.8 Å². The third-order valence-electron chi connectivity index (χ3n) is 3.88. The SMILES string of the molecule is CCNC(COc1cccc(COC)c1)(C(N)=O)C1CC1. The Bertz CT molecular complexity index is 488. The zero-order valence-electron chi connectivity index (χ0n) is 12.7. The molecule has 5 nitrogen and oxygen atoms in total. The first kappa shape index (κ1) is 15.8. The monoisotopic (exact) mass is 292 g/mol. The highest BCUT2D eigenvalue weighted by atomic mass is 16.5. The van der Waals surface area contributed by atoms with Crippen molar-refractivity contribution in [3.63, 3.8) is 0 Å². The summed E-state index contributed by atoms with van der Waals surface area (Å²) >= 11 is 0. The Morgan fingerprint density at radius 3 is 2.81 bits per heavy atom. The maximum atomic E-state index is 11.9. The molecule has 2 rings (SSSR count). The summed E-state index contributed by atoms with van der Waals surface area (Å²) in [6.07, 6.45) is 2.03. The van der Waals surface area contributed by atoms with Crippen LogP contribution in [0.3, 0.4) is 0 Å². The number of carbonyl (C=O) groups is 1. The van der Waals surface area contributed by atoms with Crippen LogP contribution >= 0.6 is 0 Å². The number of amides is 1. The number of carbonyl (C=O) groups excluding carboxylic acids is 1. The van der Waals surface area contributed by atoms with E-state index in [1.165, 1.54) is 0 Å². The number of nitrogens with one attached hydrogen (secondary N) is 1. The lowest BCUT2D eigenvalue weighted by molar-refractivity contribution is -0.126. The molecule has 0 aromatic heterocycles. The standard InChI is InChI=1S/C16H24N2O3/c1-3-18-16(15(17)19,13-7-8-13)11-21-14-6-4-5-12(9-14)10-20-2/h4-6,9,13,18H,3,7-8,10-11H2,1-2H3,(H2,17,19). The lowest BCUT2D eigenvalue weighted by atomic mass is 9.93. The van der Waals surface area contributed by atoms with E-state index in [4.69, 9.17) is 15.2 Å². The summed E-state index contributed by atoms with van der Waals surface area (Å²) in [5.74, 6) is 0.672. The summed E-state index contributed by atoms with van der Waals surface area (Å²) in [4.78, 5) is 11.9. The van der Waals surface area contributed by atoms with Crippen molar-refractivity contribution >= 4 is 5.91 Å². The molecule has 5 heteroatoms. The minimum atomic E-state index is -0.758. The van der Waals surface area contributed by atoms with Crippen LogP contribution in [0.4, 0.5) is 0 Å². The quantitative estimate of drug-likeness (QED) is 0.722. The number of rotatable bonds is 9. The van der Waals surface area contributed by atoms with Crippen LogP contribution in [0, 0.1) is 5.92 Å². The van der Waals surface area contributed by atoms with Gasteiger partial charge in [0.05, 0.1) is 6.61 Å². The van der Waals surface area contributed by atoms with E-state index in [1.807, 2.05) is 31.2 Å². The molecule has 3 N–H and O–H groups in total. The minimum Gasteiger partial charge on any atom is -0.491 e. The van der Waals surface area contributed by atoms with Crippen molar-refractivity contribution in [1.82, 2.24) is 5.32 Å². The normalized spacial score (nSPS) is 17.2. The second kappa shape index (κ2) is 6.91. The van der Waals surface area contributed by atoms with Crippen LogP contribution in [-0.2, 0) is 16.1 Å². The van der Waals surface area contributed by atoms with Gasteiger partial charge in [-0.25, -0.2) is 0 Å². The first-order valence-corrected chi connectivity index (χ1v) is 7.38. The Morgan fingerprint density at radius 1 is 1.48 bits per heavy atom. The smallest absolute Gasteiger partial charge is 0.241 e. The van der Waals surface area contributed by atoms with Crippen molar-refractivity contribution in [2.75, 3.05) is 20.3 Å². The van der Waals surface area contributed by atoms with Crippen LogP contribution in [0.5, 0.6) is 5.75 Å². The molecule has 0 spiro atoms. The summed E-state index contributed by atoms with van der Waals surface area (Å²) in [5.41, 5.74) is 5.92. The van der Waals surface area contributed by atoms with Crippen LogP contribution in [-0.4, -0.2) is 31.7 Å². The van der Waals surface area contributed by atoms with Gasteiger partial charge in [0.1, 0.15) is 17.9 Å². The van der Waals surface area contributed by atoms with Gasteiger partial charge in [-0.05, 0) is 43.0 Å². The van der Waals surface area contributed by atoms with E-state index in [1.54, 1.807) is 7.11 Å². The number of methoxy groups -OCH3 is 1. The first-order valence-electron chi connectivity index (χ1n) is 7.38. The highest BCUT2D eigenvalue weighted by Crippen LogP contribution is 2.40. The Morgan fingerprint density at radius 2 is 2.24 bits per heavy atom. The predicted octanol–water partition coefficient (Wildman–Crippen LogP) is 1.46. The van der Waals surface area contributed by atoms with Crippen LogP contribution in [0.2, 0.25) is 0 Å². The third-order valence-corrected chi connectivity index (χ3v) is 3.88. The maximum Gasteiger partial charge on any atom is 0.241 e. The van der Waals surface area contributed by atoms with Gasteiger partial charge in [0.25, 0.3) is 0 Å². The number of nitrogens with two attached hydrogens (primary N) is 1.